The maximum Gasteiger partial charge on any atom is 0.317 e. The van der Waals surface area contributed by atoms with Crippen molar-refractivity contribution in [2.75, 3.05) is 52.9 Å². The highest BCUT2D eigenvalue weighted by Gasteiger charge is 2.34. The quantitative estimate of drug-likeness (QED) is 0.804. The van der Waals surface area contributed by atoms with Crippen molar-refractivity contribution < 1.29 is 4.79 Å². The summed E-state index contributed by atoms with van der Waals surface area (Å²) in [6, 6.07) is 0.484. The van der Waals surface area contributed by atoms with E-state index >= 15 is 0 Å². The summed E-state index contributed by atoms with van der Waals surface area (Å²) < 4.78 is 0. The van der Waals surface area contributed by atoms with Gasteiger partial charge in [0.15, 0.2) is 0 Å². The average molecular weight is 335 g/mol. The number of likely N-dealkylation sites (tertiary alicyclic amines) is 1. The van der Waals surface area contributed by atoms with Gasteiger partial charge in [-0.25, -0.2) is 4.79 Å². The Labute approximate surface area is 147 Å². The Hall–Kier alpha value is -1.07. The SMILES string of the molecule is CN1CCN(CC2(C)CCN(C(=O)N[C@@H]3CC=CCC3)CC2)CC1. The number of hydrogen-bond acceptors (Lipinski definition) is 3. The molecule has 0 aromatic rings. The molecule has 0 unspecified atom stereocenters. The third kappa shape index (κ3) is 4.73. The van der Waals surface area contributed by atoms with Crippen molar-refractivity contribution in [3.05, 3.63) is 12.2 Å². The van der Waals surface area contributed by atoms with Crippen LogP contribution in [-0.4, -0.2) is 79.6 Å². The van der Waals surface area contributed by atoms with Crippen molar-refractivity contribution in [1.29, 1.82) is 0 Å². The summed E-state index contributed by atoms with van der Waals surface area (Å²) in [5, 5.41) is 3.22. The maximum absolute atomic E-state index is 12.5. The van der Waals surface area contributed by atoms with Crippen LogP contribution in [-0.2, 0) is 0 Å². The standard InChI is InChI=1S/C19H34N4O/c1-19(16-22-14-12-21(2)13-15-22)8-10-23(11-9-19)18(24)20-17-6-4-3-5-7-17/h3-4,17H,5-16H2,1-2H3,(H,20,24)/t17-/m1/s1. The summed E-state index contributed by atoms with van der Waals surface area (Å²) in [7, 11) is 2.21. The van der Waals surface area contributed by atoms with Crippen LogP contribution >= 0.6 is 0 Å². The van der Waals surface area contributed by atoms with Crippen LogP contribution < -0.4 is 5.32 Å². The van der Waals surface area contributed by atoms with Crippen molar-refractivity contribution in [2.45, 2.75) is 45.1 Å². The Balaban J connectivity index is 1.42. The molecule has 3 aliphatic rings. The minimum absolute atomic E-state index is 0.150. The Bertz CT molecular complexity index is 448. The van der Waals surface area contributed by atoms with Crippen LogP contribution in [0.3, 0.4) is 0 Å². The Morgan fingerprint density at radius 2 is 1.83 bits per heavy atom. The number of carbonyl (C=O) groups is 1. The number of piperidine rings is 1. The summed E-state index contributed by atoms with van der Waals surface area (Å²) in [6.07, 6.45) is 9.81. The molecule has 5 nitrogen and oxygen atoms in total. The largest absolute Gasteiger partial charge is 0.335 e. The van der Waals surface area contributed by atoms with E-state index < -0.39 is 0 Å². The molecule has 0 spiro atoms. The van der Waals surface area contributed by atoms with E-state index in [2.05, 4.69) is 41.2 Å². The first kappa shape index (κ1) is 17.7. The first-order chi connectivity index (χ1) is 11.5. The van der Waals surface area contributed by atoms with Crippen molar-refractivity contribution in [2.24, 2.45) is 5.41 Å². The van der Waals surface area contributed by atoms with Crippen molar-refractivity contribution in [3.8, 4) is 0 Å². The van der Waals surface area contributed by atoms with E-state index in [1.54, 1.807) is 0 Å². The third-order valence-electron chi connectivity index (χ3n) is 6.06. The normalized spacial score (nSPS) is 28.8. The molecule has 136 valence electrons. The van der Waals surface area contributed by atoms with E-state index in [-0.39, 0.29) is 6.03 Å². The Morgan fingerprint density at radius 1 is 1.12 bits per heavy atom. The van der Waals surface area contributed by atoms with Crippen LogP contribution in [0, 0.1) is 5.41 Å². The predicted molar refractivity (Wildman–Crippen MR) is 98.2 cm³/mol. The van der Waals surface area contributed by atoms with Crippen molar-refractivity contribution in [1.82, 2.24) is 20.0 Å². The van der Waals surface area contributed by atoms with Crippen LogP contribution in [0.4, 0.5) is 4.79 Å². The van der Waals surface area contributed by atoms with E-state index in [9.17, 15) is 4.79 Å². The fourth-order valence-corrected chi connectivity index (χ4v) is 4.14. The molecule has 24 heavy (non-hydrogen) atoms. The van der Waals surface area contributed by atoms with E-state index in [0.29, 0.717) is 11.5 Å². The summed E-state index contributed by atoms with van der Waals surface area (Å²) >= 11 is 0. The second-order valence-corrected chi connectivity index (χ2v) is 8.31. The molecule has 3 rings (SSSR count). The average Bonchev–Trinajstić information content (AvgIpc) is 2.58. The van der Waals surface area contributed by atoms with Gasteiger partial charge in [0, 0.05) is 51.9 Å². The van der Waals surface area contributed by atoms with E-state index in [4.69, 9.17) is 0 Å². The molecule has 5 heteroatoms. The molecule has 0 bridgehead atoms. The fraction of sp³-hybridized carbons (Fsp3) is 0.842. The summed E-state index contributed by atoms with van der Waals surface area (Å²) in [5.74, 6) is 0. The van der Waals surface area contributed by atoms with Gasteiger partial charge in [0.1, 0.15) is 0 Å². The lowest BCUT2D eigenvalue weighted by atomic mass is 9.79. The number of piperazine rings is 1. The van der Waals surface area contributed by atoms with Gasteiger partial charge in [0.2, 0.25) is 0 Å². The third-order valence-corrected chi connectivity index (χ3v) is 6.06. The number of carbonyl (C=O) groups excluding carboxylic acids is 1. The molecule has 2 fully saturated rings. The van der Waals surface area contributed by atoms with Crippen LogP contribution in [0.5, 0.6) is 0 Å². The molecule has 2 amide bonds. The topological polar surface area (TPSA) is 38.8 Å². The fourth-order valence-electron chi connectivity index (χ4n) is 4.14. The minimum Gasteiger partial charge on any atom is -0.335 e. The number of allylic oxidation sites excluding steroid dienone is 1. The highest BCUT2D eigenvalue weighted by molar-refractivity contribution is 5.74. The van der Waals surface area contributed by atoms with Gasteiger partial charge in [-0.15, -0.1) is 0 Å². The van der Waals surface area contributed by atoms with Crippen LogP contribution in [0.25, 0.3) is 0 Å². The van der Waals surface area contributed by atoms with Gasteiger partial charge in [-0.2, -0.15) is 0 Å². The molecule has 2 aliphatic heterocycles. The van der Waals surface area contributed by atoms with Crippen molar-refractivity contribution >= 4 is 6.03 Å². The van der Waals surface area contributed by atoms with Crippen LogP contribution in [0.2, 0.25) is 0 Å². The predicted octanol–water partition coefficient (Wildman–Crippen LogP) is 2.15. The van der Waals surface area contributed by atoms with Crippen molar-refractivity contribution in [3.63, 3.8) is 0 Å². The molecule has 1 N–H and O–H groups in total. The van der Waals surface area contributed by atoms with Gasteiger partial charge in [-0.1, -0.05) is 19.1 Å². The lowest BCUT2D eigenvalue weighted by molar-refractivity contribution is 0.0624. The molecule has 0 aromatic heterocycles. The molecular formula is C19H34N4O. The molecule has 0 radical (unpaired) electrons. The van der Waals surface area contributed by atoms with E-state index in [0.717, 1.165) is 45.2 Å². The zero-order valence-electron chi connectivity index (χ0n) is 15.5. The molecule has 0 aromatic carbocycles. The number of nitrogens with zero attached hydrogens (tertiary/aromatic N) is 3. The zero-order valence-corrected chi connectivity index (χ0v) is 15.5. The van der Waals surface area contributed by atoms with Gasteiger partial charge in [-0.3, -0.25) is 0 Å². The molecule has 2 heterocycles. The summed E-state index contributed by atoms with van der Waals surface area (Å²) in [5.41, 5.74) is 0.361. The number of nitrogens with one attached hydrogen (secondary N) is 1. The number of likely N-dealkylation sites (N-methyl/N-ethyl adjacent to an activating group) is 1. The first-order valence-electron chi connectivity index (χ1n) is 9.65. The highest BCUT2D eigenvalue weighted by Crippen LogP contribution is 2.32. The lowest BCUT2D eigenvalue weighted by Gasteiger charge is -2.44. The first-order valence-corrected chi connectivity index (χ1v) is 9.65. The molecule has 2 saturated heterocycles. The van der Waals surface area contributed by atoms with Gasteiger partial charge < -0.3 is 20.0 Å². The number of amides is 2. The number of rotatable bonds is 3. The number of hydrogen-bond donors (Lipinski definition) is 1. The second kappa shape index (κ2) is 7.87. The Morgan fingerprint density at radius 3 is 2.46 bits per heavy atom. The van der Waals surface area contributed by atoms with Crippen LogP contribution in [0.15, 0.2) is 12.2 Å². The summed E-state index contributed by atoms with van der Waals surface area (Å²) in [6.45, 7) is 10.1. The summed E-state index contributed by atoms with van der Waals surface area (Å²) in [4.78, 5) is 19.5. The Kier molecular flexibility index (Phi) is 5.82. The molecular weight excluding hydrogens is 300 g/mol. The number of urea groups is 1. The lowest BCUT2D eigenvalue weighted by Crippen LogP contribution is -2.53. The highest BCUT2D eigenvalue weighted by atomic mass is 16.2. The van der Waals surface area contributed by atoms with Gasteiger partial charge >= 0.3 is 6.03 Å². The van der Waals surface area contributed by atoms with Gasteiger partial charge in [-0.05, 0) is 44.6 Å². The van der Waals surface area contributed by atoms with E-state index in [1.807, 2.05) is 4.90 Å². The molecule has 0 saturated carbocycles. The maximum atomic E-state index is 12.5. The monoisotopic (exact) mass is 334 g/mol. The molecule has 1 atom stereocenters. The zero-order chi connectivity index (χ0) is 17.0. The van der Waals surface area contributed by atoms with Gasteiger partial charge in [0.25, 0.3) is 0 Å². The van der Waals surface area contributed by atoms with Crippen LogP contribution in [0.1, 0.15) is 39.0 Å². The van der Waals surface area contributed by atoms with Gasteiger partial charge in [0.05, 0.1) is 0 Å². The second-order valence-electron chi connectivity index (χ2n) is 8.31. The minimum atomic E-state index is 0.150. The van der Waals surface area contributed by atoms with E-state index in [1.165, 1.54) is 32.7 Å². The molecule has 1 aliphatic carbocycles. The smallest absolute Gasteiger partial charge is 0.317 e.